The van der Waals surface area contributed by atoms with Gasteiger partial charge in [-0.15, -0.1) is 26.6 Å². The monoisotopic (exact) mass is 357 g/mol. The van der Waals surface area contributed by atoms with E-state index in [1.54, 1.807) is 27.2 Å². The van der Waals surface area contributed by atoms with Gasteiger partial charge in [-0.1, -0.05) is 0 Å². The van der Waals surface area contributed by atoms with Gasteiger partial charge in [-0.25, -0.2) is 4.98 Å². The van der Waals surface area contributed by atoms with E-state index in [-0.39, 0.29) is 0 Å². The van der Waals surface area contributed by atoms with Gasteiger partial charge in [0.05, 0.1) is 12.2 Å². The van der Waals surface area contributed by atoms with E-state index in [0.29, 0.717) is 6.54 Å². The summed E-state index contributed by atoms with van der Waals surface area (Å²) in [5.41, 5.74) is 2.74. The molecule has 1 N–H and O–H groups in total. The average Bonchev–Trinajstić information content (AvgIpc) is 3.31. The Bertz CT molecular complexity index is 955. The summed E-state index contributed by atoms with van der Waals surface area (Å²) in [5, 5.41) is 23.4. The highest BCUT2D eigenvalue weighted by atomic mass is 32.1. The van der Waals surface area contributed by atoms with E-state index >= 15 is 0 Å². The van der Waals surface area contributed by atoms with Crippen molar-refractivity contribution in [3.8, 4) is 11.4 Å². The van der Waals surface area contributed by atoms with Crippen LogP contribution in [0.4, 0.5) is 10.9 Å². The summed E-state index contributed by atoms with van der Waals surface area (Å²) in [6, 6.07) is 5.83. The van der Waals surface area contributed by atoms with Crippen molar-refractivity contribution in [3.63, 3.8) is 0 Å². The van der Waals surface area contributed by atoms with Gasteiger partial charge in [0.25, 0.3) is 0 Å². The van der Waals surface area contributed by atoms with E-state index in [4.69, 9.17) is 0 Å². The summed E-state index contributed by atoms with van der Waals surface area (Å²) in [6.07, 6.45) is 0. The van der Waals surface area contributed by atoms with Gasteiger partial charge in [-0.2, -0.15) is 15.9 Å². The lowest BCUT2D eigenvalue weighted by molar-refractivity contribution is 0.920. The molecule has 24 heavy (non-hydrogen) atoms. The lowest BCUT2D eigenvalue weighted by atomic mass is 10.3. The summed E-state index contributed by atoms with van der Waals surface area (Å²) >= 11 is 3.25. The highest BCUT2D eigenvalue weighted by Crippen LogP contribution is 2.21. The van der Waals surface area contributed by atoms with Gasteiger partial charge < -0.3 is 10.2 Å². The molecular formula is C15H15N7S2. The minimum absolute atomic E-state index is 0.624. The Morgan fingerprint density at radius 2 is 2.08 bits per heavy atom. The molecule has 0 amide bonds. The van der Waals surface area contributed by atoms with Crippen molar-refractivity contribution < 1.29 is 0 Å². The number of hydrogen-bond acceptors (Lipinski definition) is 8. The maximum Gasteiger partial charge on any atom is 0.186 e. The Morgan fingerprint density at radius 1 is 1.17 bits per heavy atom. The fourth-order valence-electron chi connectivity index (χ4n) is 2.22. The maximum atomic E-state index is 4.60. The number of thiazole rings is 1. The van der Waals surface area contributed by atoms with Gasteiger partial charge in [0.2, 0.25) is 0 Å². The van der Waals surface area contributed by atoms with Gasteiger partial charge in [0.1, 0.15) is 5.82 Å². The fourth-order valence-corrected chi connectivity index (χ4v) is 3.61. The lowest BCUT2D eigenvalue weighted by Gasteiger charge is -2.06. The molecule has 0 fully saturated rings. The van der Waals surface area contributed by atoms with Crippen LogP contribution in [-0.4, -0.2) is 38.9 Å². The Labute approximate surface area is 146 Å². The third-order valence-electron chi connectivity index (χ3n) is 3.42. The Kier molecular flexibility index (Phi) is 3.87. The van der Waals surface area contributed by atoms with Crippen molar-refractivity contribution in [2.45, 2.75) is 6.54 Å². The quantitative estimate of drug-likeness (QED) is 0.592. The van der Waals surface area contributed by atoms with Crippen LogP contribution < -0.4 is 10.2 Å². The third kappa shape index (κ3) is 2.83. The second kappa shape index (κ2) is 6.17. The van der Waals surface area contributed by atoms with Crippen LogP contribution in [0.5, 0.6) is 0 Å². The molecule has 0 saturated heterocycles. The zero-order valence-electron chi connectivity index (χ0n) is 13.2. The molecule has 0 aromatic carbocycles. The molecule has 7 nitrogen and oxygen atoms in total. The first-order valence-corrected chi connectivity index (χ1v) is 9.13. The van der Waals surface area contributed by atoms with Crippen LogP contribution in [-0.2, 0) is 6.54 Å². The van der Waals surface area contributed by atoms with E-state index in [0.717, 1.165) is 33.7 Å². The number of rotatable bonds is 5. The molecule has 0 unspecified atom stereocenters. The van der Waals surface area contributed by atoms with E-state index in [2.05, 4.69) is 31.0 Å². The summed E-state index contributed by atoms with van der Waals surface area (Å²) in [5.74, 6) is 1.51. The maximum absolute atomic E-state index is 4.60. The van der Waals surface area contributed by atoms with E-state index < -0.39 is 0 Å². The number of fused-ring (bicyclic) bond motifs is 1. The van der Waals surface area contributed by atoms with E-state index in [9.17, 15) is 0 Å². The topological polar surface area (TPSA) is 71.2 Å². The second-order valence-electron chi connectivity index (χ2n) is 5.39. The van der Waals surface area contributed by atoms with Crippen LogP contribution in [0.1, 0.15) is 5.69 Å². The summed E-state index contributed by atoms with van der Waals surface area (Å²) in [6.45, 7) is 0.624. The van der Waals surface area contributed by atoms with Crippen LogP contribution >= 0.6 is 22.7 Å². The Balaban J connectivity index is 1.57. The smallest absolute Gasteiger partial charge is 0.186 e. The molecule has 0 aliphatic rings. The molecule has 4 rings (SSSR count). The molecule has 4 heterocycles. The summed E-state index contributed by atoms with van der Waals surface area (Å²) in [7, 11) is 3.98. The summed E-state index contributed by atoms with van der Waals surface area (Å²) in [4.78, 5) is 6.56. The second-order valence-corrected chi connectivity index (χ2v) is 7.01. The van der Waals surface area contributed by atoms with Crippen molar-refractivity contribution >= 4 is 39.3 Å². The number of thiophene rings is 1. The van der Waals surface area contributed by atoms with Crippen LogP contribution in [0.3, 0.4) is 0 Å². The Hall–Kier alpha value is -2.52. The van der Waals surface area contributed by atoms with Crippen LogP contribution in [0.25, 0.3) is 17.0 Å². The Morgan fingerprint density at radius 3 is 2.83 bits per heavy atom. The predicted molar refractivity (Wildman–Crippen MR) is 97.9 cm³/mol. The zero-order valence-corrected chi connectivity index (χ0v) is 14.8. The van der Waals surface area contributed by atoms with E-state index in [1.165, 1.54) is 0 Å². The molecule has 4 aromatic heterocycles. The molecule has 4 aromatic rings. The highest BCUT2D eigenvalue weighted by Gasteiger charge is 2.10. The van der Waals surface area contributed by atoms with E-state index in [1.807, 2.05) is 48.0 Å². The number of nitrogens with zero attached hydrogens (tertiary/aromatic N) is 6. The molecule has 0 spiro atoms. The first kappa shape index (κ1) is 15.0. The van der Waals surface area contributed by atoms with Gasteiger partial charge in [-0.05, 0) is 23.6 Å². The lowest BCUT2D eigenvalue weighted by Crippen LogP contribution is -2.09. The number of nitrogens with one attached hydrogen (secondary N) is 1. The van der Waals surface area contributed by atoms with Crippen LogP contribution in [0.2, 0.25) is 0 Å². The number of anilines is 2. The minimum atomic E-state index is 0.624. The summed E-state index contributed by atoms with van der Waals surface area (Å²) < 4.78 is 1.76. The standard InChI is InChI=1S/C15H15N7S2/c1-21(2)15-17-11(9-24-15)7-16-12-3-4-13-18-19-14(22(13)20-12)10-5-6-23-8-10/h3-6,8-9H,7H2,1-2H3,(H,16,20). The largest absolute Gasteiger partial charge is 0.363 e. The predicted octanol–water partition coefficient (Wildman–Crippen LogP) is 2.99. The first-order chi connectivity index (χ1) is 11.7. The molecule has 0 aliphatic heterocycles. The van der Waals surface area contributed by atoms with Crippen molar-refractivity contribution in [2.75, 3.05) is 24.3 Å². The number of hydrogen-bond donors (Lipinski definition) is 1. The van der Waals surface area contributed by atoms with Gasteiger partial charge >= 0.3 is 0 Å². The van der Waals surface area contributed by atoms with Gasteiger partial charge in [0.15, 0.2) is 16.6 Å². The van der Waals surface area contributed by atoms with Gasteiger partial charge in [-0.3, -0.25) is 0 Å². The van der Waals surface area contributed by atoms with Crippen molar-refractivity contribution in [1.29, 1.82) is 0 Å². The van der Waals surface area contributed by atoms with Crippen LogP contribution in [0.15, 0.2) is 34.3 Å². The SMILES string of the molecule is CN(C)c1nc(CNc2ccc3nnc(-c4ccsc4)n3n2)cs1. The molecule has 0 bridgehead atoms. The highest BCUT2D eigenvalue weighted by molar-refractivity contribution is 7.13. The molecule has 9 heteroatoms. The average molecular weight is 357 g/mol. The molecule has 0 saturated carbocycles. The zero-order chi connectivity index (χ0) is 16.5. The minimum Gasteiger partial charge on any atom is -0.363 e. The number of aromatic nitrogens is 5. The van der Waals surface area contributed by atoms with Crippen molar-refractivity contribution in [2.24, 2.45) is 0 Å². The molecule has 0 radical (unpaired) electrons. The van der Waals surface area contributed by atoms with Crippen molar-refractivity contribution in [3.05, 3.63) is 40.0 Å². The fraction of sp³-hybridized carbons (Fsp3) is 0.200. The normalized spacial score (nSPS) is 11.1. The van der Waals surface area contributed by atoms with Crippen LogP contribution in [0, 0.1) is 0 Å². The molecule has 0 aliphatic carbocycles. The first-order valence-electron chi connectivity index (χ1n) is 7.31. The molecular weight excluding hydrogens is 342 g/mol. The third-order valence-corrected chi connectivity index (χ3v) is 5.16. The molecule has 0 atom stereocenters. The molecule has 122 valence electrons. The van der Waals surface area contributed by atoms with Gasteiger partial charge in [0, 0.05) is 30.4 Å². The van der Waals surface area contributed by atoms with Crippen molar-refractivity contribution in [1.82, 2.24) is 24.8 Å².